The second-order valence-corrected chi connectivity index (χ2v) is 12.3. The fourth-order valence-corrected chi connectivity index (χ4v) is 5.93. The number of fused-ring (bicyclic) bond motifs is 1. The molecule has 1 aliphatic rings. The zero-order valence-electron chi connectivity index (χ0n) is 27.2. The largest absolute Gasteiger partial charge is 0.488 e. The molecule has 1 aromatic heterocycles. The lowest BCUT2D eigenvalue weighted by atomic mass is 9.91. The lowest BCUT2D eigenvalue weighted by Crippen LogP contribution is -2.27. The third kappa shape index (κ3) is 7.40. The molecule has 47 heavy (non-hydrogen) atoms. The number of likely N-dealkylation sites (N-methyl/N-ethyl adjacent to an activating group) is 1. The van der Waals surface area contributed by atoms with E-state index in [4.69, 9.17) is 14.0 Å². The summed E-state index contributed by atoms with van der Waals surface area (Å²) in [5.41, 5.74) is 8.19. The van der Waals surface area contributed by atoms with Gasteiger partial charge >= 0.3 is 0 Å². The van der Waals surface area contributed by atoms with Crippen molar-refractivity contribution in [2.45, 2.75) is 45.9 Å². The molecule has 2 heterocycles. The lowest BCUT2D eigenvalue weighted by Gasteiger charge is -2.25. The molecule has 0 aliphatic carbocycles. The van der Waals surface area contributed by atoms with Gasteiger partial charge in [-0.1, -0.05) is 97.9 Å². The predicted octanol–water partition coefficient (Wildman–Crippen LogP) is 7.00. The molecule has 8 nitrogen and oxygen atoms in total. The lowest BCUT2D eigenvalue weighted by molar-refractivity contribution is 0.0909. The van der Waals surface area contributed by atoms with E-state index in [1.54, 1.807) is 0 Å². The van der Waals surface area contributed by atoms with Crippen molar-refractivity contribution in [3.63, 3.8) is 0 Å². The third-order valence-corrected chi connectivity index (χ3v) is 8.46. The predicted molar refractivity (Wildman–Crippen MR) is 182 cm³/mol. The fourth-order valence-electron chi connectivity index (χ4n) is 5.93. The summed E-state index contributed by atoms with van der Waals surface area (Å²) in [6.07, 6.45) is 0.905. The van der Waals surface area contributed by atoms with Crippen molar-refractivity contribution in [1.29, 1.82) is 0 Å². The monoisotopic (exact) mass is 631 g/mol. The Hall–Kier alpha value is -4.92. The number of rotatable bonds is 12. The van der Waals surface area contributed by atoms with Crippen molar-refractivity contribution < 1.29 is 23.9 Å². The van der Waals surface area contributed by atoms with Crippen molar-refractivity contribution in [1.82, 2.24) is 15.4 Å². The first kappa shape index (κ1) is 32.0. The van der Waals surface area contributed by atoms with Crippen molar-refractivity contribution in [2.75, 3.05) is 26.7 Å². The van der Waals surface area contributed by atoms with E-state index >= 15 is 0 Å². The van der Waals surface area contributed by atoms with Crippen LogP contribution in [-0.2, 0) is 26.2 Å². The first-order chi connectivity index (χ1) is 22.9. The Bertz CT molecular complexity index is 1820. The number of nitrogens with zero attached hydrogens (tertiary/aromatic N) is 2. The highest BCUT2D eigenvalue weighted by Crippen LogP contribution is 2.44. The van der Waals surface area contributed by atoms with Gasteiger partial charge in [0.2, 0.25) is 5.76 Å². The molecular formula is C39H41N3O5. The smallest absolute Gasteiger partial charge is 0.290 e. The summed E-state index contributed by atoms with van der Waals surface area (Å²) < 4.78 is 18.8. The number of hydrogen-bond acceptors (Lipinski definition) is 7. The van der Waals surface area contributed by atoms with Gasteiger partial charge in [0.25, 0.3) is 5.91 Å². The van der Waals surface area contributed by atoms with Gasteiger partial charge in [-0.2, -0.15) is 0 Å². The van der Waals surface area contributed by atoms with E-state index in [-0.39, 0.29) is 24.8 Å². The minimum absolute atomic E-state index is 0.0887. The molecule has 0 atom stereocenters. The topological polar surface area (TPSA) is 97.1 Å². The van der Waals surface area contributed by atoms with Crippen molar-refractivity contribution in [3.05, 3.63) is 125 Å². The quantitative estimate of drug-likeness (QED) is 0.153. The van der Waals surface area contributed by atoms with Crippen LogP contribution in [0.1, 0.15) is 58.1 Å². The molecule has 1 amide bonds. The molecule has 1 aliphatic heterocycles. The summed E-state index contributed by atoms with van der Waals surface area (Å²) in [5.74, 6) is 1.05. The second kappa shape index (κ2) is 14.7. The molecule has 4 aromatic carbocycles. The standard InChI is InChI=1S/C39H41N3O5/c1-26(2)32-21-33(35(46-25-28-12-8-5-9-13-28)22-34(32)45-24-27-10-6-4-7-11-27)37-36(38(47-41-37)39(44)40-17-19-43)30-14-15-31-23-42(3)18-16-29(31)20-30/h4-15,20-22,26,43H,16-19,23-25H2,1-3H3,(H,40,44). The van der Waals surface area contributed by atoms with Gasteiger partial charge in [0, 0.05) is 31.3 Å². The molecule has 2 N–H and O–H groups in total. The number of hydrogen-bond donors (Lipinski definition) is 2. The number of aliphatic hydroxyl groups is 1. The first-order valence-corrected chi connectivity index (χ1v) is 16.1. The zero-order valence-corrected chi connectivity index (χ0v) is 27.2. The van der Waals surface area contributed by atoms with Crippen LogP contribution in [0.5, 0.6) is 11.5 Å². The normalized spacial score (nSPS) is 13.0. The Labute approximate surface area is 275 Å². The Kier molecular flexibility index (Phi) is 10.00. The number of nitrogens with one attached hydrogen (secondary N) is 1. The number of benzene rings is 4. The molecule has 0 bridgehead atoms. The van der Waals surface area contributed by atoms with Crippen LogP contribution in [0.25, 0.3) is 22.4 Å². The molecular weight excluding hydrogens is 590 g/mol. The Morgan fingerprint density at radius 3 is 2.26 bits per heavy atom. The highest BCUT2D eigenvalue weighted by molar-refractivity contribution is 6.02. The van der Waals surface area contributed by atoms with Gasteiger partial charge in [0.1, 0.15) is 30.4 Å². The van der Waals surface area contributed by atoms with Gasteiger partial charge in [-0.05, 0) is 58.8 Å². The maximum absolute atomic E-state index is 13.4. The van der Waals surface area contributed by atoms with Crippen molar-refractivity contribution in [3.8, 4) is 33.9 Å². The summed E-state index contributed by atoms with van der Waals surface area (Å²) in [4.78, 5) is 15.7. The number of ether oxygens (including phenoxy) is 2. The average molecular weight is 632 g/mol. The SMILES string of the molecule is CC(C)c1cc(-c2noc(C(=O)NCCO)c2-c2ccc3c(c2)CCN(C)C3)c(OCc2ccccc2)cc1OCc1ccccc1. The van der Waals surface area contributed by atoms with Crippen LogP contribution >= 0.6 is 0 Å². The van der Waals surface area contributed by atoms with Gasteiger partial charge in [0.15, 0.2) is 0 Å². The van der Waals surface area contributed by atoms with E-state index in [0.717, 1.165) is 47.5 Å². The molecule has 0 unspecified atom stereocenters. The Morgan fingerprint density at radius 2 is 1.60 bits per heavy atom. The van der Waals surface area contributed by atoms with Crippen LogP contribution in [0.3, 0.4) is 0 Å². The zero-order chi connectivity index (χ0) is 32.8. The molecule has 0 radical (unpaired) electrons. The van der Waals surface area contributed by atoms with Crippen LogP contribution < -0.4 is 14.8 Å². The Morgan fingerprint density at radius 1 is 0.915 bits per heavy atom. The van der Waals surface area contributed by atoms with E-state index in [2.05, 4.69) is 54.5 Å². The highest BCUT2D eigenvalue weighted by atomic mass is 16.5. The maximum Gasteiger partial charge on any atom is 0.290 e. The number of carbonyl (C=O) groups excluding carboxylic acids is 1. The first-order valence-electron chi connectivity index (χ1n) is 16.1. The number of aromatic nitrogens is 1. The second-order valence-electron chi connectivity index (χ2n) is 12.3. The van der Waals surface area contributed by atoms with Gasteiger partial charge in [-0.15, -0.1) is 0 Å². The number of amides is 1. The van der Waals surface area contributed by atoms with Gasteiger partial charge < -0.3 is 29.3 Å². The molecule has 5 aromatic rings. The van der Waals surface area contributed by atoms with Crippen molar-refractivity contribution >= 4 is 5.91 Å². The average Bonchev–Trinajstić information content (AvgIpc) is 3.54. The maximum atomic E-state index is 13.4. The third-order valence-electron chi connectivity index (χ3n) is 8.46. The molecule has 242 valence electrons. The van der Waals surface area contributed by atoms with Crippen molar-refractivity contribution in [2.24, 2.45) is 0 Å². The summed E-state index contributed by atoms with van der Waals surface area (Å²) in [5, 5.41) is 16.7. The van der Waals surface area contributed by atoms with E-state index < -0.39 is 5.91 Å². The van der Waals surface area contributed by atoms with Gasteiger partial charge in [0.05, 0.1) is 12.2 Å². The van der Waals surface area contributed by atoms with Crippen LogP contribution in [0, 0.1) is 0 Å². The van der Waals surface area contributed by atoms with Gasteiger partial charge in [-0.3, -0.25) is 4.79 Å². The number of aliphatic hydroxyl groups excluding tert-OH is 1. The van der Waals surface area contributed by atoms with Gasteiger partial charge in [-0.25, -0.2) is 0 Å². The Balaban J connectivity index is 1.49. The van der Waals surface area contributed by atoms with E-state index in [9.17, 15) is 9.90 Å². The minimum atomic E-state index is -0.441. The van der Waals surface area contributed by atoms with E-state index in [1.807, 2.05) is 72.8 Å². The highest BCUT2D eigenvalue weighted by Gasteiger charge is 2.29. The fraction of sp³-hybridized carbons (Fsp3) is 0.282. The molecule has 6 rings (SSSR count). The summed E-state index contributed by atoms with van der Waals surface area (Å²) >= 11 is 0. The summed E-state index contributed by atoms with van der Waals surface area (Å²) in [6.45, 7) is 6.72. The molecule has 0 spiro atoms. The number of carbonyl (C=O) groups is 1. The van der Waals surface area contributed by atoms with E-state index in [0.29, 0.717) is 35.8 Å². The molecule has 0 fully saturated rings. The molecule has 0 saturated heterocycles. The van der Waals surface area contributed by atoms with Crippen LogP contribution in [-0.4, -0.2) is 47.8 Å². The van der Waals surface area contributed by atoms with Crippen LogP contribution in [0.15, 0.2) is 95.5 Å². The van der Waals surface area contributed by atoms with Crippen LogP contribution in [0.4, 0.5) is 0 Å². The van der Waals surface area contributed by atoms with Crippen LogP contribution in [0.2, 0.25) is 0 Å². The van der Waals surface area contributed by atoms with E-state index in [1.165, 1.54) is 11.1 Å². The summed E-state index contributed by atoms with van der Waals surface area (Å²) in [6, 6.07) is 30.3. The molecule has 0 saturated carbocycles. The minimum Gasteiger partial charge on any atom is -0.488 e. The molecule has 8 heteroatoms. The summed E-state index contributed by atoms with van der Waals surface area (Å²) in [7, 11) is 2.12.